The van der Waals surface area contributed by atoms with Gasteiger partial charge < -0.3 is 10.6 Å². The summed E-state index contributed by atoms with van der Waals surface area (Å²) >= 11 is 0. The Morgan fingerprint density at radius 3 is 2.91 bits per heavy atom. The lowest BCUT2D eigenvalue weighted by atomic mass is 9.93. The van der Waals surface area contributed by atoms with E-state index in [1.165, 1.54) is 11.1 Å². The first-order chi connectivity index (χ1) is 11.1. The molecule has 2 aromatic rings. The number of nitrogens with one attached hydrogen (secondary N) is 2. The average Bonchev–Trinajstić information content (AvgIpc) is 3.02. The molecule has 0 spiro atoms. The van der Waals surface area contributed by atoms with Crippen molar-refractivity contribution in [2.75, 3.05) is 12.4 Å². The largest absolute Gasteiger partial charge is 0.341 e. The first-order valence-electron chi connectivity index (χ1n) is 7.64. The minimum absolute atomic E-state index is 0.236. The van der Waals surface area contributed by atoms with Gasteiger partial charge >= 0.3 is 6.03 Å². The Morgan fingerprint density at radius 1 is 1.35 bits per heavy atom. The van der Waals surface area contributed by atoms with E-state index in [9.17, 15) is 4.79 Å². The summed E-state index contributed by atoms with van der Waals surface area (Å²) in [6, 6.07) is 7.66. The fourth-order valence-electron chi connectivity index (χ4n) is 3.23. The molecule has 23 heavy (non-hydrogen) atoms. The lowest BCUT2D eigenvalue weighted by molar-refractivity contribution is 0.254. The summed E-state index contributed by atoms with van der Waals surface area (Å²) in [7, 11) is 1.60. The number of carbonyl (C=O) groups is 1. The number of urea groups is 1. The van der Waals surface area contributed by atoms with Crippen molar-refractivity contribution in [3.63, 3.8) is 0 Å². The van der Waals surface area contributed by atoms with Crippen LogP contribution in [0.25, 0.3) is 11.1 Å². The summed E-state index contributed by atoms with van der Waals surface area (Å²) in [6.07, 6.45) is 4.72. The van der Waals surface area contributed by atoms with Gasteiger partial charge in [0.25, 0.3) is 0 Å². The summed E-state index contributed by atoms with van der Waals surface area (Å²) in [5, 5.41) is 14.7. The summed E-state index contributed by atoms with van der Waals surface area (Å²) in [4.78, 5) is 15.9. The number of nitriles is 1. The Bertz CT molecular complexity index is 821. The fourth-order valence-corrected chi connectivity index (χ4v) is 3.23. The first-order valence-corrected chi connectivity index (χ1v) is 7.64. The Balaban J connectivity index is 2.22. The smallest absolute Gasteiger partial charge is 0.319 e. The molecule has 2 amide bonds. The lowest BCUT2D eigenvalue weighted by Gasteiger charge is -2.18. The number of amides is 2. The van der Waals surface area contributed by atoms with Gasteiger partial charge in [-0.2, -0.15) is 5.26 Å². The van der Waals surface area contributed by atoms with Gasteiger partial charge in [0.1, 0.15) is 11.8 Å². The molecule has 1 heterocycles. The maximum absolute atomic E-state index is 11.9. The number of aromatic nitrogens is 1. The molecule has 2 N–H and O–H groups in total. The third-order valence-corrected chi connectivity index (χ3v) is 4.23. The van der Waals surface area contributed by atoms with E-state index in [4.69, 9.17) is 5.26 Å². The Morgan fingerprint density at radius 2 is 2.17 bits per heavy atom. The summed E-state index contributed by atoms with van der Waals surface area (Å²) in [5.41, 5.74) is 6.67. The maximum atomic E-state index is 11.9. The molecule has 1 aromatic heterocycles. The highest BCUT2D eigenvalue weighted by atomic mass is 16.2. The maximum Gasteiger partial charge on any atom is 0.319 e. The van der Waals surface area contributed by atoms with Gasteiger partial charge in [-0.25, -0.2) is 9.78 Å². The van der Waals surface area contributed by atoms with Crippen LogP contribution in [0.1, 0.15) is 28.8 Å². The highest BCUT2D eigenvalue weighted by molar-refractivity contribution is 5.97. The zero-order valence-corrected chi connectivity index (χ0v) is 13.2. The molecule has 0 saturated heterocycles. The van der Waals surface area contributed by atoms with E-state index >= 15 is 0 Å². The van der Waals surface area contributed by atoms with Crippen LogP contribution in [0.4, 0.5) is 10.5 Å². The van der Waals surface area contributed by atoms with E-state index < -0.39 is 0 Å². The van der Waals surface area contributed by atoms with Gasteiger partial charge in [-0.15, -0.1) is 0 Å². The van der Waals surface area contributed by atoms with Gasteiger partial charge in [0.2, 0.25) is 0 Å². The van der Waals surface area contributed by atoms with Crippen molar-refractivity contribution in [3.8, 4) is 17.2 Å². The van der Waals surface area contributed by atoms with Gasteiger partial charge in [-0.3, -0.25) is 0 Å². The van der Waals surface area contributed by atoms with Crippen molar-refractivity contribution in [3.05, 3.63) is 46.8 Å². The van der Waals surface area contributed by atoms with Crippen molar-refractivity contribution in [1.29, 1.82) is 5.26 Å². The minimum Gasteiger partial charge on any atom is -0.341 e. The first kappa shape index (κ1) is 15.0. The second kappa shape index (κ2) is 6.09. The number of pyridine rings is 1. The fraction of sp³-hybridized carbons (Fsp3) is 0.278. The van der Waals surface area contributed by atoms with Crippen LogP contribution < -0.4 is 10.6 Å². The number of benzene rings is 1. The Hall–Kier alpha value is -2.87. The zero-order valence-electron chi connectivity index (χ0n) is 13.2. The second-order valence-electron chi connectivity index (χ2n) is 5.68. The number of nitrogens with zero attached hydrogens (tertiary/aromatic N) is 2. The van der Waals surface area contributed by atoms with Gasteiger partial charge in [0.05, 0.1) is 5.69 Å². The quantitative estimate of drug-likeness (QED) is 0.894. The van der Waals surface area contributed by atoms with Crippen LogP contribution in [0, 0.1) is 18.3 Å². The minimum atomic E-state index is -0.236. The number of fused-ring (bicyclic) bond motifs is 1. The molecule has 1 aliphatic carbocycles. The highest BCUT2D eigenvalue weighted by Crippen LogP contribution is 2.40. The molecule has 0 radical (unpaired) electrons. The molecule has 5 nitrogen and oxygen atoms in total. The standard InChI is InChI=1S/C18H18N4O/c1-11-8-12-4-3-5-15(12)17(22-18(23)20-2)16(11)13-6-7-21-14(9-13)10-19/h6-9H,3-5H2,1-2H3,(H2,20,22,23). The topological polar surface area (TPSA) is 77.8 Å². The van der Waals surface area contributed by atoms with E-state index in [1.54, 1.807) is 19.3 Å². The lowest BCUT2D eigenvalue weighted by Crippen LogP contribution is -2.25. The van der Waals surface area contributed by atoms with E-state index in [1.807, 2.05) is 13.0 Å². The Kier molecular flexibility index (Phi) is 3.98. The summed E-state index contributed by atoms with van der Waals surface area (Å²) < 4.78 is 0. The molecule has 0 aliphatic heterocycles. The van der Waals surface area contributed by atoms with Crippen LogP contribution in [0.15, 0.2) is 24.4 Å². The molecule has 0 fully saturated rings. The van der Waals surface area contributed by atoms with Crippen molar-refractivity contribution >= 4 is 11.7 Å². The normalized spacial score (nSPS) is 12.4. The van der Waals surface area contributed by atoms with Gasteiger partial charge in [0, 0.05) is 18.8 Å². The molecule has 1 aromatic carbocycles. The second-order valence-corrected chi connectivity index (χ2v) is 5.68. The average molecular weight is 306 g/mol. The number of aryl methyl sites for hydroxylation is 2. The van der Waals surface area contributed by atoms with Crippen LogP contribution >= 0.6 is 0 Å². The highest BCUT2D eigenvalue weighted by Gasteiger charge is 2.22. The summed E-state index contributed by atoms with van der Waals surface area (Å²) in [5.74, 6) is 0. The summed E-state index contributed by atoms with van der Waals surface area (Å²) in [6.45, 7) is 2.04. The molecule has 116 valence electrons. The molecular weight excluding hydrogens is 288 g/mol. The molecule has 0 bridgehead atoms. The third-order valence-electron chi connectivity index (χ3n) is 4.23. The van der Waals surface area contributed by atoms with Crippen molar-refractivity contribution in [2.24, 2.45) is 0 Å². The van der Waals surface area contributed by atoms with Gasteiger partial charge in [-0.05, 0) is 60.6 Å². The van der Waals surface area contributed by atoms with Crippen molar-refractivity contribution in [1.82, 2.24) is 10.3 Å². The molecular formula is C18H18N4O. The Labute approximate surface area is 135 Å². The van der Waals surface area contributed by atoms with E-state index in [0.717, 1.165) is 41.6 Å². The zero-order chi connectivity index (χ0) is 16.4. The molecule has 3 rings (SSSR count). The molecule has 0 atom stereocenters. The molecule has 0 unspecified atom stereocenters. The predicted molar refractivity (Wildman–Crippen MR) is 89.2 cm³/mol. The van der Waals surface area contributed by atoms with Crippen LogP contribution in [0.5, 0.6) is 0 Å². The van der Waals surface area contributed by atoms with Crippen molar-refractivity contribution < 1.29 is 4.79 Å². The van der Waals surface area contributed by atoms with Gasteiger partial charge in [-0.1, -0.05) is 6.07 Å². The van der Waals surface area contributed by atoms with Crippen molar-refractivity contribution in [2.45, 2.75) is 26.2 Å². The number of anilines is 1. The van der Waals surface area contributed by atoms with Crippen LogP contribution in [-0.4, -0.2) is 18.1 Å². The van der Waals surface area contributed by atoms with Crippen LogP contribution in [0.2, 0.25) is 0 Å². The van der Waals surface area contributed by atoms with Crippen LogP contribution in [-0.2, 0) is 12.8 Å². The van der Waals surface area contributed by atoms with Gasteiger partial charge in [0.15, 0.2) is 0 Å². The number of hydrogen-bond donors (Lipinski definition) is 2. The molecule has 1 aliphatic rings. The SMILES string of the molecule is CNC(=O)Nc1c2c(cc(C)c1-c1ccnc(C#N)c1)CCC2. The van der Waals surface area contributed by atoms with Crippen LogP contribution in [0.3, 0.4) is 0 Å². The van der Waals surface area contributed by atoms with E-state index in [0.29, 0.717) is 5.69 Å². The monoisotopic (exact) mass is 306 g/mol. The molecule has 5 heteroatoms. The molecule has 0 saturated carbocycles. The van der Waals surface area contributed by atoms with E-state index in [-0.39, 0.29) is 6.03 Å². The number of rotatable bonds is 2. The number of carbonyl (C=O) groups excluding carboxylic acids is 1. The number of hydrogen-bond acceptors (Lipinski definition) is 3. The van der Waals surface area contributed by atoms with E-state index in [2.05, 4.69) is 27.8 Å². The third kappa shape index (κ3) is 2.76. The predicted octanol–water partition coefficient (Wildman–Crippen LogP) is 3.17.